The van der Waals surface area contributed by atoms with Gasteiger partial charge in [0.15, 0.2) is 0 Å². The van der Waals surface area contributed by atoms with Gasteiger partial charge in [-0.15, -0.1) is 0 Å². The molecule has 1 N–H and O–H groups in total. The second kappa shape index (κ2) is 8.75. The van der Waals surface area contributed by atoms with E-state index in [2.05, 4.69) is 25.7 Å². The Morgan fingerprint density at radius 1 is 1.10 bits per heavy atom. The highest BCUT2D eigenvalue weighted by Gasteiger charge is 2.23. The largest absolute Gasteiger partial charge is 0.481 e. The molecule has 0 aromatic heterocycles. The molecule has 1 atom stereocenters. The average molecular weight is 277 g/mol. The van der Waals surface area contributed by atoms with Crippen molar-refractivity contribution in [3.63, 3.8) is 0 Å². The molecule has 112 valence electrons. The van der Waals surface area contributed by atoms with Crippen LogP contribution < -0.4 is 0 Å². The predicted octanol–water partition coefficient (Wildman–Crippen LogP) is 3.61. The summed E-state index contributed by atoms with van der Waals surface area (Å²) in [5.41, 5.74) is 0.892. The van der Waals surface area contributed by atoms with Crippen molar-refractivity contribution in [3.05, 3.63) is 35.9 Å². The van der Waals surface area contributed by atoms with E-state index in [0.717, 1.165) is 31.5 Å². The molecule has 20 heavy (non-hydrogen) atoms. The molecule has 1 aromatic carbocycles. The van der Waals surface area contributed by atoms with Gasteiger partial charge in [-0.05, 0) is 18.0 Å². The van der Waals surface area contributed by atoms with Gasteiger partial charge in [0.25, 0.3) is 0 Å². The van der Waals surface area contributed by atoms with Crippen molar-refractivity contribution in [2.45, 2.75) is 39.5 Å². The van der Waals surface area contributed by atoms with Gasteiger partial charge in [0.1, 0.15) is 0 Å². The Labute approximate surface area is 122 Å². The minimum absolute atomic E-state index is 0.439. The number of hydrogen-bond donors (Lipinski definition) is 1. The zero-order chi connectivity index (χ0) is 15.0. The highest BCUT2D eigenvalue weighted by molar-refractivity contribution is 5.76. The highest BCUT2D eigenvalue weighted by atomic mass is 16.4. The summed E-state index contributed by atoms with van der Waals surface area (Å²) in [5.74, 6) is -0.523. The first-order valence-corrected chi connectivity index (χ1v) is 7.62. The molecule has 0 aliphatic heterocycles. The van der Waals surface area contributed by atoms with Crippen LogP contribution in [0.15, 0.2) is 30.3 Å². The van der Waals surface area contributed by atoms with Crippen LogP contribution in [-0.4, -0.2) is 35.6 Å². The fourth-order valence-electron chi connectivity index (χ4n) is 2.51. The van der Waals surface area contributed by atoms with Gasteiger partial charge in [-0.2, -0.15) is 0 Å². The van der Waals surface area contributed by atoms with Crippen LogP contribution in [-0.2, 0) is 4.79 Å². The Balaban J connectivity index is 2.75. The van der Waals surface area contributed by atoms with Gasteiger partial charge in [0.2, 0.25) is 0 Å². The lowest BCUT2D eigenvalue weighted by molar-refractivity contribution is -0.139. The van der Waals surface area contributed by atoms with Crippen molar-refractivity contribution in [1.82, 2.24) is 4.90 Å². The van der Waals surface area contributed by atoms with Gasteiger partial charge in [-0.3, -0.25) is 4.79 Å². The summed E-state index contributed by atoms with van der Waals surface area (Å²) in [5, 5.41) is 9.49. The lowest BCUT2D eigenvalue weighted by atomic mass is 9.97. The number of aliphatic carboxylic acids is 1. The quantitative estimate of drug-likeness (QED) is 0.749. The molecule has 1 unspecified atom stereocenters. The second-order valence-electron chi connectivity index (χ2n) is 5.34. The minimum Gasteiger partial charge on any atom is -0.481 e. The normalized spacial score (nSPS) is 12.8. The molecule has 0 amide bonds. The van der Waals surface area contributed by atoms with E-state index in [9.17, 15) is 9.90 Å². The van der Waals surface area contributed by atoms with Gasteiger partial charge in [-0.25, -0.2) is 0 Å². The van der Waals surface area contributed by atoms with Crippen molar-refractivity contribution in [1.29, 1.82) is 0 Å². The molecule has 0 radical (unpaired) electrons. The first-order chi connectivity index (χ1) is 9.62. The Morgan fingerprint density at radius 3 is 2.15 bits per heavy atom. The molecule has 0 aliphatic rings. The van der Waals surface area contributed by atoms with E-state index >= 15 is 0 Å². The smallest absolute Gasteiger partial charge is 0.312 e. The van der Waals surface area contributed by atoms with E-state index in [1.165, 1.54) is 0 Å². The Kier molecular flexibility index (Phi) is 7.31. The molecule has 3 nitrogen and oxygen atoms in total. The SMILES string of the molecule is CCC(CC)CN(CC)CC(C(=O)O)c1ccccc1. The summed E-state index contributed by atoms with van der Waals surface area (Å²) >= 11 is 0. The molecule has 0 bridgehead atoms. The van der Waals surface area contributed by atoms with Crippen LogP contribution in [0.5, 0.6) is 0 Å². The standard InChI is InChI=1S/C17H27NO2/c1-4-14(5-2)12-18(6-3)13-16(17(19)20)15-10-8-7-9-11-15/h7-11,14,16H,4-6,12-13H2,1-3H3,(H,19,20). The summed E-state index contributed by atoms with van der Waals surface area (Å²) < 4.78 is 0. The number of rotatable bonds is 9. The lowest BCUT2D eigenvalue weighted by Crippen LogP contribution is -2.35. The summed E-state index contributed by atoms with van der Waals surface area (Å²) in [6.45, 7) is 8.98. The van der Waals surface area contributed by atoms with E-state index in [1.807, 2.05) is 30.3 Å². The molecular formula is C17H27NO2. The molecule has 3 heteroatoms. The van der Waals surface area contributed by atoms with Gasteiger partial charge in [0.05, 0.1) is 5.92 Å². The van der Waals surface area contributed by atoms with E-state index < -0.39 is 11.9 Å². The van der Waals surface area contributed by atoms with Crippen LogP contribution in [0.1, 0.15) is 45.1 Å². The topological polar surface area (TPSA) is 40.5 Å². The molecule has 1 rings (SSSR count). The third-order valence-corrected chi connectivity index (χ3v) is 4.06. The fourth-order valence-corrected chi connectivity index (χ4v) is 2.51. The number of carboxylic acids is 1. The monoisotopic (exact) mass is 277 g/mol. The van der Waals surface area contributed by atoms with Crippen LogP contribution in [0.3, 0.4) is 0 Å². The molecular weight excluding hydrogens is 250 g/mol. The number of nitrogens with zero attached hydrogens (tertiary/aromatic N) is 1. The van der Waals surface area contributed by atoms with Crippen molar-refractivity contribution in [3.8, 4) is 0 Å². The Hall–Kier alpha value is -1.35. The van der Waals surface area contributed by atoms with Gasteiger partial charge in [0, 0.05) is 13.1 Å². The summed E-state index contributed by atoms with van der Waals surface area (Å²) in [6.07, 6.45) is 2.30. The summed E-state index contributed by atoms with van der Waals surface area (Å²) in [7, 11) is 0. The minimum atomic E-state index is -0.737. The summed E-state index contributed by atoms with van der Waals surface area (Å²) in [6, 6.07) is 9.54. The summed E-state index contributed by atoms with van der Waals surface area (Å²) in [4.78, 5) is 13.8. The van der Waals surface area contributed by atoms with Gasteiger partial charge < -0.3 is 10.0 Å². The number of benzene rings is 1. The van der Waals surface area contributed by atoms with Crippen LogP contribution in [0, 0.1) is 5.92 Å². The van der Waals surface area contributed by atoms with E-state index in [1.54, 1.807) is 0 Å². The number of carboxylic acid groups (broad SMARTS) is 1. The third-order valence-electron chi connectivity index (χ3n) is 4.06. The van der Waals surface area contributed by atoms with Crippen molar-refractivity contribution < 1.29 is 9.90 Å². The van der Waals surface area contributed by atoms with Gasteiger partial charge >= 0.3 is 5.97 Å². The number of likely N-dealkylation sites (N-methyl/N-ethyl adjacent to an activating group) is 1. The Bertz CT molecular complexity index is 387. The lowest BCUT2D eigenvalue weighted by Gasteiger charge is -2.28. The molecule has 0 spiro atoms. The van der Waals surface area contributed by atoms with Crippen molar-refractivity contribution in [2.24, 2.45) is 5.92 Å². The molecule has 1 aromatic rings. The van der Waals surface area contributed by atoms with Crippen LogP contribution in [0.4, 0.5) is 0 Å². The molecule has 0 saturated heterocycles. The zero-order valence-corrected chi connectivity index (χ0v) is 12.9. The van der Waals surface area contributed by atoms with E-state index in [0.29, 0.717) is 12.5 Å². The maximum absolute atomic E-state index is 11.5. The van der Waals surface area contributed by atoms with Crippen molar-refractivity contribution >= 4 is 5.97 Å². The highest BCUT2D eigenvalue weighted by Crippen LogP contribution is 2.19. The number of carbonyl (C=O) groups is 1. The fraction of sp³-hybridized carbons (Fsp3) is 0.588. The van der Waals surface area contributed by atoms with E-state index in [4.69, 9.17) is 0 Å². The average Bonchev–Trinajstić information content (AvgIpc) is 2.48. The first kappa shape index (κ1) is 16.7. The Morgan fingerprint density at radius 2 is 1.70 bits per heavy atom. The maximum Gasteiger partial charge on any atom is 0.312 e. The first-order valence-electron chi connectivity index (χ1n) is 7.62. The zero-order valence-electron chi connectivity index (χ0n) is 12.9. The van der Waals surface area contributed by atoms with E-state index in [-0.39, 0.29) is 0 Å². The molecule has 0 heterocycles. The van der Waals surface area contributed by atoms with Crippen molar-refractivity contribution in [2.75, 3.05) is 19.6 Å². The third kappa shape index (κ3) is 4.97. The maximum atomic E-state index is 11.5. The second-order valence-corrected chi connectivity index (χ2v) is 5.34. The van der Waals surface area contributed by atoms with Crippen LogP contribution in [0.2, 0.25) is 0 Å². The van der Waals surface area contributed by atoms with Crippen LogP contribution >= 0.6 is 0 Å². The number of hydrogen-bond acceptors (Lipinski definition) is 2. The van der Waals surface area contributed by atoms with Crippen LogP contribution in [0.25, 0.3) is 0 Å². The molecule has 0 saturated carbocycles. The predicted molar refractivity (Wildman–Crippen MR) is 83.0 cm³/mol. The van der Waals surface area contributed by atoms with Gasteiger partial charge in [-0.1, -0.05) is 63.9 Å². The molecule has 0 aliphatic carbocycles. The molecule has 0 fully saturated rings.